The van der Waals surface area contributed by atoms with E-state index in [0.717, 1.165) is 25.2 Å². The van der Waals surface area contributed by atoms with E-state index in [1.54, 1.807) is 18.3 Å². The van der Waals surface area contributed by atoms with Crippen molar-refractivity contribution in [3.63, 3.8) is 0 Å². The molecule has 8 heteroatoms. The molecule has 2 amide bonds. The number of hydrogen-bond acceptors (Lipinski definition) is 5. The van der Waals surface area contributed by atoms with Crippen LogP contribution in [0.2, 0.25) is 5.22 Å². The lowest BCUT2D eigenvalue weighted by molar-refractivity contribution is -0.122. The largest absolute Gasteiger partial charge is 0.440 e. The van der Waals surface area contributed by atoms with Crippen LogP contribution >= 0.6 is 11.6 Å². The molecule has 0 bridgehead atoms. The number of halogens is 1. The third-order valence-corrected chi connectivity index (χ3v) is 4.15. The standard InChI is InChI=1S/C16H17ClN4O3/c17-13-5-4-12(24-13)16(23)20-11-3-6-14(19-8-11)21-7-1-2-10(9-21)15(18)22/h3-6,8,10H,1-2,7,9H2,(H2,18,22)(H,20,23). The predicted molar refractivity (Wildman–Crippen MR) is 90.0 cm³/mol. The topological polar surface area (TPSA) is 101 Å². The average Bonchev–Trinajstić information content (AvgIpc) is 3.02. The summed E-state index contributed by atoms with van der Waals surface area (Å²) in [5.74, 6) is 0.0527. The Morgan fingerprint density at radius 2 is 2.17 bits per heavy atom. The van der Waals surface area contributed by atoms with Crippen molar-refractivity contribution in [1.82, 2.24) is 4.98 Å². The van der Waals surface area contributed by atoms with Gasteiger partial charge in [-0.25, -0.2) is 4.98 Å². The maximum atomic E-state index is 12.0. The van der Waals surface area contributed by atoms with Crippen LogP contribution in [0, 0.1) is 5.92 Å². The van der Waals surface area contributed by atoms with Crippen molar-refractivity contribution in [2.75, 3.05) is 23.3 Å². The van der Waals surface area contributed by atoms with E-state index in [2.05, 4.69) is 10.3 Å². The number of carbonyl (C=O) groups excluding carboxylic acids is 2. The van der Waals surface area contributed by atoms with Gasteiger partial charge in [-0.15, -0.1) is 0 Å². The van der Waals surface area contributed by atoms with E-state index in [1.165, 1.54) is 12.1 Å². The van der Waals surface area contributed by atoms with Crippen LogP contribution in [0.1, 0.15) is 23.4 Å². The van der Waals surface area contributed by atoms with Gasteiger partial charge >= 0.3 is 0 Å². The van der Waals surface area contributed by atoms with Gasteiger partial charge in [-0.2, -0.15) is 0 Å². The molecule has 3 N–H and O–H groups in total. The molecular weight excluding hydrogens is 332 g/mol. The van der Waals surface area contributed by atoms with E-state index in [4.69, 9.17) is 21.8 Å². The molecule has 0 radical (unpaired) electrons. The van der Waals surface area contributed by atoms with E-state index in [1.807, 2.05) is 4.90 Å². The lowest BCUT2D eigenvalue weighted by Gasteiger charge is -2.32. The summed E-state index contributed by atoms with van der Waals surface area (Å²) in [4.78, 5) is 29.7. The maximum Gasteiger partial charge on any atom is 0.291 e. The number of rotatable bonds is 4. The van der Waals surface area contributed by atoms with Crippen molar-refractivity contribution in [2.24, 2.45) is 11.7 Å². The van der Waals surface area contributed by atoms with Crippen LogP contribution in [0.5, 0.6) is 0 Å². The smallest absolute Gasteiger partial charge is 0.291 e. The number of aromatic nitrogens is 1. The van der Waals surface area contributed by atoms with Crippen molar-refractivity contribution in [3.05, 3.63) is 41.4 Å². The van der Waals surface area contributed by atoms with Crippen LogP contribution in [0.15, 0.2) is 34.9 Å². The second kappa shape index (κ2) is 6.92. The molecule has 2 aromatic heterocycles. The Labute approximate surface area is 143 Å². The second-order valence-corrected chi connectivity index (χ2v) is 6.02. The molecule has 7 nitrogen and oxygen atoms in total. The van der Waals surface area contributed by atoms with Crippen molar-refractivity contribution >= 4 is 34.9 Å². The first kappa shape index (κ1) is 16.3. The second-order valence-electron chi connectivity index (χ2n) is 5.65. The zero-order chi connectivity index (χ0) is 17.1. The molecule has 1 unspecified atom stereocenters. The highest BCUT2D eigenvalue weighted by Gasteiger charge is 2.24. The van der Waals surface area contributed by atoms with Crippen LogP contribution in [0.4, 0.5) is 11.5 Å². The molecule has 2 aromatic rings. The number of carbonyl (C=O) groups is 2. The fraction of sp³-hybridized carbons (Fsp3) is 0.312. The number of nitrogens with one attached hydrogen (secondary N) is 1. The van der Waals surface area contributed by atoms with Gasteiger partial charge < -0.3 is 20.4 Å². The normalized spacial score (nSPS) is 17.5. The van der Waals surface area contributed by atoms with E-state index < -0.39 is 5.91 Å². The number of nitrogens with two attached hydrogens (primary N) is 1. The summed E-state index contributed by atoms with van der Waals surface area (Å²) in [6.07, 6.45) is 3.27. The van der Waals surface area contributed by atoms with Crippen LogP contribution in [0.25, 0.3) is 0 Å². The van der Waals surface area contributed by atoms with Gasteiger partial charge in [0.15, 0.2) is 11.0 Å². The number of pyridine rings is 1. The van der Waals surface area contributed by atoms with Gasteiger partial charge in [0, 0.05) is 13.1 Å². The Morgan fingerprint density at radius 1 is 1.33 bits per heavy atom. The Kier molecular flexibility index (Phi) is 4.71. The molecule has 0 spiro atoms. The first-order chi connectivity index (χ1) is 11.5. The fourth-order valence-corrected chi connectivity index (χ4v) is 2.84. The van der Waals surface area contributed by atoms with Crippen molar-refractivity contribution in [2.45, 2.75) is 12.8 Å². The van der Waals surface area contributed by atoms with Crippen LogP contribution in [0.3, 0.4) is 0 Å². The molecule has 24 heavy (non-hydrogen) atoms. The van der Waals surface area contributed by atoms with E-state index in [9.17, 15) is 9.59 Å². The molecule has 1 fully saturated rings. The number of amides is 2. The van der Waals surface area contributed by atoms with E-state index in [0.29, 0.717) is 12.2 Å². The fourth-order valence-electron chi connectivity index (χ4n) is 2.69. The Balaban J connectivity index is 1.65. The quantitative estimate of drug-likeness (QED) is 0.882. The Bertz CT molecular complexity index is 744. The summed E-state index contributed by atoms with van der Waals surface area (Å²) in [6.45, 7) is 1.40. The lowest BCUT2D eigenvalue weighted by Crippen LogP contribution is -2.41. The first-order valence-electron chi connectivity index (χ1n) is 7.60. The molecule has 1 atom stereocenters. The molecule has 1 aliphatic heterocycles. The Hall–Kier alpha value is -2.54. The predicted octanol–water partition coefficient (Wildman–Crippen LogP) is 2.28. The van der Waals surface area contributed by atoms with Crippen molar-refractivity contribution in [1.29, 1.82) is 0 Å². The summed E-state index contributed by atoms with van der Waals surface area (Å²) in [5.41, 5.74) is 5.93. The summed E-state index contributed by atoms with van der Waals surface area (Å²) < 4.78 is 5.05. The minimum atomic E-state index is -0.400. The van der Waals surface area contributed by atoms with E-state index in [-0.39, 0.29) is 22.8 Å². The molecule has 3 rings (SSSR count). The van der Waals surface area contributed by atoms with Crippen LogP contribution in [-0.4, -0.2) is 29.9 Å². The third-order valence-electron chi connectivity index (χ3n) is 3.95. The number of furan rings is 1. The summed E-state index contributed by atoms with van der Waals surface area (Å²) in [5, 5.41) is 2.84. The van der Waals surface area contributed by atoms with Gasteiger partial charge in [0.05, 0.1) is 17.8 Å². The number of piperidine rings is 1. The monoisotopic (exact) mass is 348 g/mol. The van der Waals surface area contributed by atoms with Gasteiger partial charge in [0.2, 0.25) is 5.91 Å². The average molecular weight is 349 g/mol. The number of hydrogen-bond donors (Lipinski definition) is 2. The van der Waals surface area contributed by atoms with Crippen LogP contribution < -0.4 is 16.0 Å². The molecule has 3 heterocycles. The lowest BCUT2D eigenvalue weighted by atomic mass is 9.97. The molecular formula is C16H17ClN4O3. The number of anilines is 2. The molecule has 1 saturated heterocycles. The zero-order valence-electron chi connectivity index (χ0n) is 12.9. The summed E-state index contributed by atoms with van der Waals surface area (Å²) in [6, 6.07) is 6.55. The van der Waals surface area contributed by atoms with Crippen molar-refractivity contribution in [3.8, 4) is 0 Å². The number of primary amides is 1. The van der Waals surface area contributed by atoms with Gasteiger partial charge in [-0.3, -0.25) is 9.59 Å². The van der Waals surface area contributed by atoms with Gasteiger partial charge in [-0.05, 0) is 48.7 Å². The summed E-state index contributed by atoms with van der Waals surface area (Å²) in [7, 11) is 0. The van der Waals surface area contributed by atoms with Crippen LogP contribution in [-0.2, 0) is 4.79 Å². The molecule has 0 aliphatic carbocycles. The molecule has 0 saturated carbocycles. The molecule has 0 aromatic carbocycles. The van der Waals surface area contributed by atoms with Gasteiger partial charge in [-0.1, -0.05) is 0 Å². The minimum Gasteiger partial charge on any atom is -0.440 e. The SMILES string of the molecule is NC(=O)C1CCCN(c2ccc(NC(=O)c3ccc(Cl)o3)cn2)C1. The molecule has 126 valence electrons. The van der Waals surface area contributed by atoms with Crippen molar-refractivity contribution < 1.29 is 14.0 Å². The van der Waals surface area contributed by atoms with Gasteiger partial charge in [0.25, 0.3) is 5.91 Å². The Morgan fingerprint density at radius 3 is 2.79 bits per heavy atom. The third kappa shape index (κ3) is 3.68. The first-order valence-corrected chi connectivity index (χ1v) is 7.98. The van der Waals surface area contributed by atoms with E-state index >= 15 is 0 Å². The highest BCUT2D eigenvalue weighted by Crippen LogP contribution is 2.22. The minimum absolute atomic E-state index is 0.129. The summed E-state index contributed by atoms with van der Waals surface area (Å²) >= 11 is 5.65. The highest BCUT2D eigenvalue weighted by atomic mass is 35.5. The maximum absolute atomic E-state index is 12.0. The zero-order valence-corrected chi connectivity index (χ0v) is 13.6. The number of nitrogens with zero attached hydrogens (tertiary/aromatic N) is 2. The van der Waals surface area contributed by atoms with Gasteiger partial charge in [0.1, 0.15) is 5.82 Å². The molecule has 1 aliphatic rings. The highest BCUT2D eigenvalue weighted by molar-refractivity contribution is 6.29.